The Morgan fingerprint density at radius 3 is 2.62 bits per heavy atom. The van der Waals surface area contributed by atoms with Crippen LogP contribution in [-0.4, -0.2) is 28.0 Å². The largest absolute Gasteiger partial charge is 0.296 e. The van der Waals surface area contributed by atoms with Crippen LogP contribution in [0.1, 0.15) is 24.6 Å². The van der Waals surface area contributed by atoms with E-state index in [4.69, 9.17) is 4.98 Å². The summed E-state index contributed by atoms with van der Waals surface area (Å²) in [6.07, 6.45) is 8.95. The van der Waals surface area contributed by atoms with Gasteiger partial charge in [0.15, 0.2) is 0 Å². The van der Waals surface area contributed by atoms with Crippen LogP contribution in [0.4, 0.5) is 0 Å². The summed E-state index contributed by atoms with van der Waals surface area (Å²) >= 11 is 0. The molecule has 0 radical (unpaired) electrons. The van der Waals surface area contributed by atoms with Crippen molar-refractivity contribution < 1.29 is 0 Å². The van der Waals surface area contributed by atoms with Crippen LogP contribution in [0.25, 0.3) is 28.0 Å². The number of aryl methyl sites for hydroxylation is 2. The Labute approximate surface area is 154 Å². The molecular formula is C22H24N4. The quantitative estimate of drug-likeness (QED) is 0.615. The highest BCUT2D eigenvalue weighted by atomic mass is 15.2. The number of hydrogen-bond acceptors (Lipinski definition) is 3. The predicted octanol–water partition coefficient (Wildman–Crippen LogP) is 4.95. The third-order valence-electron chi connectivity index (χ3n) is 4.29. The summed E-state index contributed by atoms with van der Waals surface area (Å²) in [5.41, 5.74) is 7.58. The van der Waals surface area contributed by atoms with E-state index < -0.39 is 0 Å². The van der Waals surface area contributed by atoms with E-state index >= 15 is 0 Å². The first-order chi connectivity index (χ1) is 12.6. The molecule has 0 bridgehead atoms. The van der Waals surface area contributed by atoms with Crippen molar-refractivity contribution in [3.63, 3.8) is 0 Å². The van der Waals surface area contributed by atoms with Crippen LogP contribution in [0.3, 0.4) is 0 Å². The fourth-order valence-electron chi connectivity index (χ4n) is 3.05. The second-order valence-electron chi connectivity index (χ2n) is 6.27. The number of allylic oxidation sites excluding steroid dienone is 2. The van der Waals surface area contributed by atoms with Gasteiger partial charge in [0, 0.05) is 48.9 Å². The molecule has 0 saturated heterocycles. The van der Waals surface area contributed by atoms with Crippen molar-refractivity contribution in [1.82, 2.24) is 14.8 Å². The van der Waals surface area contributed by atoms with E-state index in [9.17, 15) is 0 Å². The minimum atomic E-state index is 0.968. The minimum absolute atomic E-state index is 0.968. The van der Waals surface area contributed by atoms with Gasteiger partial charge in [-0.15, -0.1) is 0 Å². The fourth-order valence-corrected chi connectivity index (χ4v) is 3.05. The molecule has 0 N–H and O–H groups in total. The smallest absolute Gasteiger partial charge is 0.0705 e. The molecule has 0 saturated carbocycles. The molecule has 1 aromatic carbocycles. The van der Waals surface area contributed by atoms with Gasteiger partial charge in [-0.2, -0.15) is 5.10 Å². The van der Waals surface area contributed by atoms with E-state index in [0.29, 0.717) is 0 Å². The third-order valence-corrected chi connectivity index (χ3v) is 4.29. The van der Waals surface area contributed by atoms with E-state index in [1.54, 1.807) is 7.05 Å². The zero-order valence-electron chi connectivity index (χ0n) is 15.8. The molecule has 4 nitrogen and oxygen atoms in total. The monoisotopic (exact) mass is 344 g/mol. The summed E-state index contributed by atoms with van der Waals surface area (Å²) in [4.78, 5) is 9.02. The van der Waals surface area contributed by atoms with Gasteiger partial charge in [0.2, 0.25) is 0 Å². The second kappa shape index (κ2) is 7.91. The van der Waals surface area contributed by atoms with Crippen molar-refractivity contribution in [3.8, 4) is 22.4 Å². The highest BCUT2D eigenvalue weighted by Crippen LogP contribution is 2.27. The molecule has 0 amide bonds. The minimum Gasteiger partial charge on any atom is -0.296 e. The molecule has 2 heterocycles. The van der Waals surface area contributed by atoms with E-state index in [2.05, 4.69) is 66.4 Å². The average molecular weight is 344 g/mol. The lowest BCUT2D eigenvalue weighted by Crippen LogP contribution is -1.96. The molecule has 0 fully saturated rings. The molecule has 4 heteroatoms. The van der Waals surface area contributed by atoms with Crippen molar-refractivity contribution in [2.45, 2.75) is 20.3 Å². The summed E-state index contributed by atoms with van der Waals surface area (Å²) < 4.78 is 1.82. The van der Waals surface area contributed by atoms with E-state index in [-0.39, 0.29) is 0 Å². The zero-order chi connectivity index (χ0) is 18.5. The van der Waals surface area contributed by atoms with Gasteiger partial charge in [-0.1, -0.05) is 37.3 Å². The molecule has 26 heavy (non-hydrogen) atoms. The summed E-state index contributed by atoms with van der Waals surface area (Å²) in [7, 11) is 3.72. The van der Waals surface area contributed by atoms with Crippen LogP contribution in [0.15, 0.2) is 59.9 Å². The van der Waals surface area contributed by atoms with E-state index in [1.165, 1.54) is 0 Å². The van der Waals surface area contributed by atoms with Gasteiger partial charge in [-0.3, -0.25) is 14.7 Å². The van der Waals surface area contributed by atoms with Gasteiger partial charge < -0.3 is 0 Å². The molecular weight excluding hydrogens is 320 g/mol. The molecule has 0 aliphatic heterocycles. The Morgan fingerprint density at radius 1 is 1.15 bits per heavy atom. The maximum absolute atomic E-state index is 4.85. The highest BCUT2D eigenvalue weighted by molar-refractivity contribution is 6.10. The molecule has 132 valence electrons. The van der Waals surface area contributed by atoms with E-state index in [1.807, 2.05) is 30.3 Å². The van der Waals surface area contributed by atoms with Crippen molar-refractivity contribution >= 4 is 11.8 Å². The number of aromatic nitrogens is 3. The SMILES string of the molecule is CC/C=C(\C=NC)c1ccc(-c2cccc(-c3cnn(C)c3)c2)nc1C. The summed E-state index contributed by atoms with van der Waals surface area (Å²) in [5, 5.41) is 4.26. The second-order valence-corrected chi connectivity index (χ2v) is 6.27. The normalized spacial score (nSPS) is 12.1. The maximum atomic E-state index is 4.85. The number of rotatable bonds is 5. The van der Waals surface area contributed by atoms with Crippen LogP contribution >= 0.6 is 0 Å². The van der Waals surface area contributed by atoms with Crippen molar-refractivity contribution in [1.29, 1.82) is 0 Å². The van der Waals surface area contributed by atoms with Gasteiger partial charge in [0.05, 0.1) is 11.9 Å². The first-order valence-corrected chi connectivity index (χ1v) is 8.82. The lowest BCUT2D eigenvalue weighted by atomic mass is 10.0. The lowest BCUT2D eigenvalue weighted by molar-refractivity contribution is 0.768. The summed E-state index contributed by atoms with van der Waals surface area (Å²) in [6.45, 7) is 4.18. The van der Waals surface area contributed by atoms with Crippen LogP contribution < -0.4 is 0 Å². The molecule has 2 aromatic heterocycles. The Morgan fingerprint density at radius 2 is 1.96 bits per heavy atom. The summed E-state index contributed by atoms with van der Waals surface area (Å²) in [5.74, 6) is 0. The molecule has 3 aromatic rings. The number of hydrogen-bond donors (Lipinski definition) is 0. The summed E-state index contributed by atoms with van der Waals surface area (Å²) in [6, 6.07) is 12.6. The molecule has 0 aliphatic rings. The number of benzene rings is 1. The maximum Gasteiger partial charge on any atom is 0.0705 e. The number of nitrogens with zero attached hydrogens (tertiary/aromatic N) is 4. The Kier molecular flexibility index (Phi) is 5.42. The molecule has 0 atom stereocenters. The van der Waals surface area contributed by atoms with Gasteiger partial charge in [0.25, 0.3) is 0 Å². The molecule has 0 unspecified atom stereocenters. The Balaban J connectivity index is 1.98. The average Bonchev–Trinajstić information content (AvgIpc) is 3.08. The van der Waals surface area contributed by atoms with Crippen molar-refractivity contribution in [2.75, 3.05) is 7.05 Å². The number of pyridine rings is 1. The Hall–Kier alpha value is -3.01. The first-order valence-electron chi connectivity index (χ1n) is 8.82. The van der Waals surface area contributed by atoms with Crippen LogP contribution in [0.2, 0.25) is 0 Å². The molecule has 0 spiro atoms. The first kappa shape index (κ1) is 17.8. The highest BCUT2D eigenvalue weighted by Gasteiger charge is 2.08. The van der Waals surface area contributed by atoms with E-state index in [0.717, 1.165) is 45.6 Å². The van der Waals surface area contributed by atoms with Gasteiger partial charge in [0.1, 0.15) is 0 Å². The Bertz CT molecular complexity index is 964. The molecule has 0 aliphatic carbocycles. The lowest BCUT2D eigenvalue weighted by Gasteiger charge is -2.10. The van der Waals surface area contributed by atoms with Crippen molar-refractivity contribution in [2.24, 2.45) is 12.0 Å². The van der Waals surface area contributed by atoms with Crippen molar-refractivity contribution in [3.05, 3.63) is 66.1 Å². The van der Waals surface area contributed by atoms with Crippen LogP contribution in [-0.2, 0) is 7.05 Å². The fraction of sp³-hybridized carbons (Fsp3) is 0.227. The third kappa shape index (κ3) is 3.80. The van der Waals surface area contributed by atoms with Crippen LogP contribution in [0, 0.1) is 6.92 Å². The van der Waals surface area contributed by atoms with Gasteiger partial charge in [-0.25, -0.2) is 0 Å². The topological polar surface area (TPSA) is 43.1 Å². The van der Waals surface area contributed by atoms with Gasteiger partial charge in [-0.05, 0) is 36.6 Å². The zero-order valence-corrected chi connectivity index (χ0v) is 15.8. The molecule has 3 rings (SSSR count). The predicted molar refractivity (Wildman–Crippen MR) is 109 cm³/mol. The van der Waals surface area contributed by atoms with Gasteiger partial charge >= 0.3 is 0 Å². The van der Waals surface area contributed by atoms with Crippen LogP contribution in [0.5, 0.6) is 0 Å². The number of aliphatic imine (C=N–C) groups is 1. The standard InChI is InChI=1S/C22H24N4/c1-5-7-19(13-23-3)21-10-11-22(25-16(21)2)18-9-6-8-17(12-18)20-14-24-26(4)15-20/h6-15H,5H2,1-4H3/b19-7+,23-13?.